The Balaban J connectivity index is 2.51. The molecule has 3 nitrogen and oxygen atoms in total. The lowest BCUT2D eigenvalue weighted by Gasteiger charge is -2.09. The minimum absolute atomic E-state index is 0.0595. The van der Waals surface area contributed by atoms with Gasteiger partial charge >= 0.3 is 0 Å². The molecule has 0 fully saturated rings. The predicted octanol–water partition coefficient (Wildman–Crippen LogP) is 2.36. The number of hydrogen-bond acceptors (Lipinski definition) is 3. The second-order valence-corrected chi connectivity index (χ2v) is 3.67. The van der Waals surface area contributed by atoms with Crippen molar-refractivity contribution in [2.45, 2.75) is 13.0 Å². The van der Waals surface area contributed by atoms with E-state index in [2.05, 4.69) is 5.32 Å². The molecule has 0 radical (unpaired) electrons. The summed E-state index contributed by atoms with van der Waals surface area (Å²) in [5.41, 5.74) is 0.581. The fourth-order valence-corrected chi connectivity index (χ4v) is 1.53. The van der Waals surface area contributed by atoms with Crippen LogP contribution in [-0.2, 0) is 0 Å². The summed E-state index contributed by atoms with van der Waals surface area (Å²) < 4.78 is 18.8. The molecule has 0 aliphatic rings. The average Bonchev–Trinajstić information content (AvgIpc) is 2.72. The summed E-state index contributed by atoms with van der Waals surface area (Å²) in [6.07, 6.45) is 1.47. The normalized spacial score (nSPS) is 12.9. The zero-order chi connectivity index (χ0) is 11.7. The minimum Gasteiger partial charge on any atom is -0.464 e. The van der Waals surface area contributed by atoms with Gasteiger partial charge in [0, 0.05) is 5.39 Å². The lowest BCUT2D eigenvalue weighted by Crippen LogP contribution is -2.31. The topological polar surface area (TPSA) is 42.2 Å². The van der Waals surface area contributed by atoms with Crippen molar-refractivity contribution in [3.63, 3.8) is 0 Å². The van der Waals surface area contributed by atoms with E-state index in [1.807, 2.05) is 0 Å². The van der Waals surface area contributed by atoms with Gasteiger partial charge in [-0.1, -0.05) is 0 Å². The Bertz CT molecular complexity index is 533. The number of furan rings is 1. The minimum atomic E-state index is -0.513. The summed E-state index contributed by atoms with van der Waals surface area (Å²) in [5.74, 6) is -0.792. The number of carbonyl (C=O) groups is 1. The molecule has 1 unspecified atom stereocenters. The predicted molar refractivity (Wildman–Crippen MR) is 59.0 cm³/mol. The van der Waals surface area contributed by atoms with Crippen LogP contribution in [0.4, 0.5) is 4.39 Å². The number of nitrogens with one attached hydrogen (secondary N) is 1. The van der Waals surface area contributed by atoms with Crippen LogP contribution in [0.2, 0.25) is 0 Å². The summed E-state index contributed by atoms with van der Waals surface area (Å²) in [6.45, 7) is 1.69. The van der Waals surface area contributed by atoms with E-state index in [1.165, 1.54) is 18.4 Å². The first-order valence-electron chi connectivity index (χ1n) is 5.01. The molecule has 0 saturated carbocycles. The van der Waals surface area contributed by atoms with Gasteiger partial charge in [-0.2, -0.15) is 0 Å². The number of likely N-dealkylation sites (N-methyl/N-ethyl adjacent to an activating group) is 1. The van der Waals surface area contributed by atoms with E-state index >= 15 is 0 Å². The Kier molecular flexibility index (Phi) is 2.75. The van der Waals surface area contributed by atoms with Crippen LogP contribution in [0.15, 0.2) is 28.9 Å². The van der Waals surface area contributed by atoms with E-state index in [1.54, 1.807) is 20.0 Å². The highest BCUT2D eigenvalue weighted by Gasteiger charge is 2.18. The standard InChI is InChI=1S/C12H12FNO2/c1-7(14-2)12(15)9-6-11-8(3-4-16-11)5-10(9)13/h3-7,14H,1-2H3. The van der Waals surface area contributed by atoms with Crippen molar-refractivity contribution in [1.82, 2.24) is 5.32 Å². The lowest BCUT2D eigenvalue weighted by atomic mass is 10.0. The molecule has 1 heterocycles. The van der Waals surface area contributed by atoms with Gasteiger partial charge in [-0.15, -0.1) is 0 Å². The lowest BCUT2D eigenvalue weighted by molar-refractivity contribution is 0.0951. The van der Waals surface area contributed by atoms with Crippen LogP contribution in [0.5, 0.6) is 0 Å². The number of carbonyl (C=O) groups excluding carboxylic acids is 1. The third kappa shape index (κ3) is 1.72. The number of Topliss-reactive ketones (excluding diaryl/α,β-unsaturated/α-hetero) is 1. The molecule has 0 spiro atoms. The molecule has 0 amide bonds. The van der Waals surface area contributed by atoms with Crippen molar-refractivity contribution in [2.24, 2.45) is 0 Å². The molecule has 0 bridgehead atoms. The molecule has 0 saturated heterocycles. The molecule has 1 aromatic heterocycles. The largest absolute Gasteiger partial charge is 0.464 e. The van der Waals surface area contributed by atoms with Gasteiger partial charge in [-0.3, -0.25) is 4.79 Å². The van der Waals surface area contributed by atoms with Gasteiger partial charge in [0.2, 0.25) is 0 Å². The Labute approximate surface area is 92.2 Å². The molecule has 4 heteroatoms. The van der Waals surface area contributed by atoms with Gasteiger partial charge < -0.3 is 9.73 Å². The number of hydrogen-bond donors (Lipinski definition) is 1. The maximum Gasteiger partial charge on any atom is 0.182 e. The quantitative estimate of drug-likeness (QED) is 0.809. The van der Waals surface area contributed by atoms with E-state index in [0.717, 1.165) is 0 Å². The number of ketones is 1. The molecule has 1 N–H and O–H groups in total. The second kappa shape index (κ2) is 4.06. The Hall–Kier alpha value is -1.68. The van der Waals surface area contributed by atoms with Gasteiger partial charge in [0.15, 0.2) is 5.78 Å². The van der Waals surface area contributed by atoms with Crippen LogP contribution in [0.1, 0.15) is 17.3 Å². The van der Waals surface area contributed by atoms with Gasteiger partial charge in [-0.25, -0.2) is 4.39 Å². The Morgan fingerprint density at radius 1 is 1.50 bits per heavy atom. The molecule has 0 aliphatic heterocycles. The van der Waals surface area contributed by atoms with E-state index in [4.69, 9.17) is 4.42 Å². The van der Waals surface area contributed by atoms with Gasteiger partial charge in [-0.05, 0) is 32.2 Å². The van der Waals surface area contributed by atoms with E-state index in [0.29, 0.717) is 11.0 Å². The number of rotatable bonds is 3. The first-order valence-corrected chi connectivity index (χ1v) is 5.01. The number of benzene rings is 1. The third-order valence-corrected chi connectivity index (χ3v) is 2.63. The molecule has 16 heavy (non-hydrogen) atoms. The summed E-state index contributed by atoms with van der Waals surface area (Å²) >= 11 is 0. The Morgan fingerprint density at radius 2 is 2.25 bits per heavy atom. The van der Waals surface area contributed by atoms with Crippen LogP contribution in [0, 0.1) is 5.82 Å². The SMILES string of the molecule is CNC(C)C(=O)c1cc2occc2cc1F. The number of fused-ring (bicyclic) bond motifs is 1. The van der Waals surface area contributed by atoms with Crippen LogP contribution in [0.25, 0.3) is 11.0 Å². The van der Waals surface area contributed by atoms with Gasteiger partial charge in [0.25, 0.3) is 0 Å². The molecule has 1 aromatic carbocycles. The maximum absolute atomic E-state index is 13.7. The van der Waals surface area contributed by atoms with Crippen molar-refractivity contribution in [1.29, 1.82) is 0 Å². The monoisotopic (exact) mass is 221 g/mol. The van der Waals surface area contributed by atoms with Crippen molar-refractivity contribution < 1.29 is 13.6 Å². The first kappa shape index (κ1) is 10.8. The average molecular weight is 221 g/mol. The van der Waals surface area contributed by atoms with Gasteiger partial charge in [0.05, 0.1) is 17.9 Å². The highest BCUT2D eigenvalue weighted by Crippen LogP contribution is 2.21. The Morgan fingerprint density at radius 3 is 2.94 bits per heavy atom. The van der Waals surface area contributed by atoms with Crippen LogP contribution in [-0.4, -0.2) is 18.9 Å². The number of halogens is 1. The van der Waals surface area contributed by atoms with E-state index in [-0.39, 0.29) is 11.3 Å². The summed E-state index contributed by atoms with van der Waals surface area (Å²) in [5, 5.41) is 3.44. The van der Waals surface area contributed by atoms with Crippen molar-refractivity contribution in [3.8, 4) is 0 Å². The van der Waals surface area contributed by atoms with E-state index in [9.17, 15) is 9.18 Å². The van der Waals surface area contributed by atoms with Crippen molar-refractivity contribution >= 4 is 16.8 Å². The second-order valence-electron chi connectivity index (χ2n) is 3.67. The summed E-state index contributed by atoms with van der Waals surface area (Å²) in [4.78, 5) is 11.8. The molecule has 1 atom stereocenters. The molecular formula is C12H12FNO2. The fraction of sp³-hybridized carbons (Fsp3) is 0.250. The summed E-state index contributed by atoms with van der Waals surface area (Å²) in [6, 6.07) is 4.01. The summed E-state index contributed by atoms with van der Waals surface area (Å²) in [7, 11) is 1.66. The molecular weight excluding hydrogens is 209 g/mol. The van der Waals surface area contributed by atoms with Gasteiger partial charge in [0.1, 0.15) is 11.4 Å². The maximum atomic E-state index is 13.7. The molecule has 0 aliphatic carbocycles. The van der Waals surface area contributed by atoms with Crippen molar-refractivity contribution in [3.05, 3.63) is 35.8 Å². The van der Waals surface area contributed by atoms with Crippen LogP contribution < -0.4 is 5.32 Å². The first-order chi connectivity index (χ1) is 7.63. The molecule has 84 valence electrons. The smallest absolute Gasteiger partial charge is 0.182 e. The molecule has 2 rings (SSSR count). The van der Waals surface area contributed by atoms with Crippen LogP contribution >= 0.6 is 0 Å². The van der Waals surface area contributed by atoms with Crippen molar-refractivity contribution in [2.75, 3.05) is 7.05 Å². The highest BCUT2D eigenvalue weighted by molar-refractivity contribution is 6.02. The highest BCUT2D eigenvalue weighted by atomic mass is 19.1. The van der Waals surface area contributed by atoms with E-state index < -0.39 is 11.9 Å². The molecule has 2 aromatic rings. The fourth-order valence-electron chi connectivity index (χ4n) is 1.53. The third-order valence-electron chi connectivity index (χ3n) is 2.63. The zero-order valence-electron chi connectivity index (χ0n) is 9.08. The zero-order valence-corrected chi connectivity index (χ0v) is 9.08. The van der Waals surface area contributed by atoms with Crippen LogP contribution in [0.3, 0.4) is 0 Å².